The zero-order valence-corrected chi connectivity index (χ0v) is 21.5. The molecule has 1 heterocycles. The van der Waals surface area contributed by atoms with E-state index in [0.717, 1.165) is 36.4 Å². The normalized spacial score (nSPS) is 11.1. The van der Waals surface area contributed by atoms with Crippen molar-refractivity contribution in [3.05, 3.63) is 94.2 Å². The van der Waals surface area contributed by atoms with E-state index in [0.29, 0.717) is 26.3 Å². The molecule has 0 aliphatic heterocycles. The molecule has 4 rings (SSSR count). The summed E-state index contributed by atoms with van der Waals surface area (Å²) >= 11 is 1.12. The number of nitrogens with zero attached hydrogens (tertiary/aromatic N) is 3. The number of para-hydroxylation sites is 1. The van der Waals surface area contributed by atoms with Gasteiger partial charge in [-0.25, -0.2) is 8.78 Å². The van der Waals surface area contributed by atoms with Crippen molar-refractivity contribution >= 4 is 40.4 Å². The minimum atomic E-state index is -4.41. The second-order valence-electron chi connectivity index (χ2n) is 8.50. The summed E-state index contributed by atoms with van der Waals surface area (Å²) in [6, 6.07) is 13.8. The van der Waals surface area contributed by atoms with Crippen LogP contribution < -0.4 is 5.32 Å². The Morgan fingerprint density at radius 3 is 2.26 bits per heavy atom. The largest absolute Gasteiger partial charge is 0.405 e. The summed E-state index contributed by atoms with van der Waals surface area (Å²) < 4.78 is 67.0. The average molecular weight is 567 g/mol. The Bertz CT molecular complexity index is 1450. The van der Waals surface area contributed by atoms with Crippen LogP contribution in [0, 0.1) is 21.7 Å². The Labute approximate surface area is 224 Å². The Balaban J connectivity index is 0.000000771. The van der Waals surface area contributed by atoms with Crippen LogP contribution in [0.2, 0.25) is 0 Å². The number of nitro groups is 1. The maximum absolute atomic E-state index is 13.7. The second-order valence-corrected chi connectivity index (χ2v) is 9.58. The minimum absolute atomic E-state index is 0.0331. The van der Waals surface area contributed by atoms with Gasteiger partial charge in [0.1, 0.15) is 18.2 Å². The summed E-state index contributed by atoms with van der Waals surface area (Å²) in [5.41, 5.74) is 0.920. The number of alkyl halides is 3. The van der Waals surface area contributed by atoms with E-state index in [2.05, 4.69) is 5.32 Å². The molecule has 1 aromatic heterocycles. The van der Waals surface area contributed by atoms with E-state index in [-0.39, 0.29) is 17.9 Å². The van der Waals surface area contributed by atoms with Gasteiger partial charge >= 0.3 is 6.18 Å². The highest BCUT2D eigenvalue weighted by atomic mass is 32.2. The van der Waals surface area contributed by atoms with E-state index in [1.807, 2.05) is 0 Å². The second kappa shape index (κ2) is 12.6. The van der Waals surface area contributed by atoms with Crippen LogP contribution in [0.1, 0.15) is 5.56 Å². The lowest BCUT2D eigenvalue weighted by molar-refractivity contribution is -0.387. The smallest absolute Gasteiger partial charge is 0.376 e. The Hall–Kier alpha value is -4.13. The SMILES string of the molecule is CN(C)C=O.O=[N+]([O-])c1ccccc1Sc1cn(Cc2cc(F)cc(F)c2)c2cc(NCC(F)(F)F)ccc12. The summed E-state index contributed by atoms with van der Waals surface area (Å²) in [4.78, 5) is 22.7. The van der Waals surface area contributed by atoms with Gasteiger partial charge in [-0.2, -0.15) is 13.2 Å². The van der Waals surface area contributed by atoms with E-state index >= 15 is 0 Å². The van der Waals surface area contributed by atoms with Crippen molar-refractivity contribution in [1.29, 1.82) is 0 Å². The number of carbonyl (C=O) groups is 1. The van der Waals surface area contributed by atoms with Gasteiger partial charge in [0.2, 0.25) is 6.41 Å². The number of amides is 1. The number of benzene rings is 3. The van der Waals surface area contributed by atoms with Crippen molar-refractivity contribution in [2.45, 2.75) is 22.5 Å². The minimum Gasteiger partial charge on any atom is -0.376 e. The van der Waals surface area contributed by atoms with Crippen LogP contribution in [-0.4, -0.2) is 47.6 Å². The maximum Gasteiger partial charge on any atom is 0.405 e. The maximum atomic E-state index is 13.7. The van der Waals surface area contributed by atoms with Crippen LogP contribution in [0.15, 0.2) is 76.7 Å². The fourth-order valence-corrected chi connectivity index (χ4v) is 4.59. The molecule has 1 amide bonds. The van der Waals surface area contributed by atoms with E-state index < -0.39 is 29.3 Å². The summed E-state index contributed by atoms with van der Waals surface area (Å²) in [7, 11) is 3.38. The van der Waals surface area contributed by atoms with Crippen molar-refractivity contribution in [1.82, 2.24) is 9.47 Å². The van der Waals surface area contributed by atoms with Gasteiger partial charge in [0.25, 0.3) is 5.69 Å². The topological polar surface area (TPSA) is 80.4 Å². The third-order valence-corrected chi connectivity index (χ3v) is 6.22. The highest BCUT2D eigenvalue weighted by molar-refractivity contribution is 7.99. The van der Waals surface area contributed by atoms with E-state index in [9.17, 15) is 36.9 Å². The highest BCUT2D eigenvalue weighted by Gasteiger charge is 2.26. The van der Waals surface area contributed by atoms with Gasteiger partial charge in [-0.3, -0.25) is 14.9 Å². The molecular formula is C26H23F5N4O3S. The van der Waals surface area contributed by atoms with Crippen molar-refractivity contribution < 1.29 is 31.7 Å². The molecule has 0 radical (unpaired) electrons. The molecule has 0 atom stereocenters. The molecule has 1 N–H and O–H groups in total. The van der Waals surface area contributed by atoms with Gasteiger partial charge in [0, 0.05) is 54.9 Å². The summed E-state index contributed by atoms with van der Waals surface area (Å²) in [5, 5.41) is 14.3. The molecule has 4 aromatic rings. The lowest BCUT2D eigenvalue weighted by Crippen LogP contribution is -2.21. The van der Waals surface area contributed by atoms with Gasteiger partial charge in [-0.1, -0.05) is 23.9 Å². The zero-order chi connectivity index (χ0) is 28.7. The molecule has 3 aromatic carbocycles. The molecule has 7 nitrogen and oxygen atoms in total. The standard InChI is InChI=1S/C23H16F5N3O2S.C3H7NO/c24-15-7-14(8-16(25)9-15)11-30-12-22(34-21-4-2-1-3-19(21)31(32)33)18-6-5-17(10-20(18)30)29-13-23(26,27)28;1-4(2)3-5/h1-10,12,29H,11,13H2;3H,1-2H3. The van der Waals surface area contributed by atoms with Crippen molar-refractivity contribution in [2.75, 3.05) is 26.0 Å². The quantitative estimate of drug-likeness (QED) is 0.111. The van der Waals surface area contributed by atoms with Gasteiger partial charge < -0.3 is 14.8 Å². The van der Waals surface area contributed by atoms with E-state index in [4.69, 9.17) is 0 Å². The Morgan fingerprint density at radius 1 is 1.03 bits per heavy atom. The van der Waals surface area contributed by atoms with Crippen molar-refractivity contribution in [2.24, 2.45) is 0 Å². The van der Waals surface area contributed by atoms with E-state index in [1.54, 1.807) is 49.1 Å². The molecule has 0 saturated carbocycles. The molecule has 206 valence electrons. The molecule has 39 heavy (non-hydrogen) atoms. The first kappa shape index (κ1) is 29.4. The molecule has 0 spiro atoms. The predicted molar refractivity (Wildman–Crippen MR) is 139 cm³/mol. The third-order valence-electron chi connectivity index (χ3n) is 5.11. The first-order chi connectivity index (χ1) is 18.4. The van der Waals surface area contributed by atoms with Crippen LogP contribution in [-0.2, 0) is 11.3 Å². The lowest BCUT2D eigenvalue weighted by Gasteiger charge is -2.11. The number of nitrogens with one attached hydrogen (secondary N) is 1. The molecular weight excluding hydrogens is 543 g/mol. The number of nitro benzene ring substituents is 1. The molecule has 0 aliphatic carbocycles. The first-order valence-corrected chi connectivity index (χ1v) is 12.1. The molecule has 0 saturated heterocycles. The Morgan fingerprint density at radius 2 is 1.67 bits per heavy atom. The number of hydrogen-bond acceptors (Lipinski definition) is 5. The number of anilines is 1. The zero-order valence-electron chi connectivity index (χ0n) is 20.7. The molecule has 0 unspecified atom stereocenters. The van der Waals surface area contributed by atoms with Gasteiger partial charge in [-0.15, -0.1) is 0 Å². The Kier molecular flexibility index (Phi) is 9.51. The van der Waals surface area contributed by atoms with Crippen LogP contribution in [0.4, 0.5) is 33.3 Å². The number of carbonyl (C=O) groups excluding carboxylic acids is 1. The monoisotopic (exact) mass is 566 g/mol. The number of fused-ring (bicyclic) bond motifs is 1. The van der Waals surface area contributed by atoms with Crippen LogP contribution in [0.3, 0.4) is 0 Å². The number of rotatable bonds is 8. The van der Waals surface area contributed by atoms with Crippen LogP contribution >= 0.6 is 11.8 Å². The van der Waals surface area contributed by atoms with Crippen molar-refractivity contribution in [3.63, 3.8) is 0 Å². The van der Waals surface area contributed by atoms with E-state index in [1.165, 1.54) is 23.1 Å². The van der Waals surface area contributed by atoms with Crippen LogP contribution in [0.25, 0.3) is 10.9 Å². The van der Waals surface area contributed by atoms with Gasteiger partial charge in [0.15, 0.2) is 0 Å². The number of halogens is 5. The average Bonchev–Trinajstić information content (AvgIpc) is 3.18. The fourth-order valence-electron chi connectivity index (χ4n) is 3.49. The molecule has 0 fully saturated rings. The third kappa shape index (κ3) is 8.43. The van der Waals surface area contributed by atoms with Gasteiger partial charge in [0.05, 0.1) is 15.3 Å². The molecule has 13 heteroatoms. The molecule has 0 aliphatic rings. The molecule has 0 bridgehead atoms. The highest BCUT2D eigenvalue weighted by Crippen LogP contribution is 2.40. The lowest BCUT2D eigenvalue weighted by atomic mass is 10.2. The first-order valence-electron chi connectivity index (χ1n) is 11.3. The summed E-state index contributed by atoms with van der Waals surface area (Å²) in [6.45, 7) is -1.20. The fraction of sp³-hybridized carbons (Fsp3) is 0.192. The van der Waals surface area contributed by atoms with Gasteiger partial charge in [-0.05, 0) is 42.0 Å². The number of hydrogen-bond donors (Lipinski definition) is 1. The number of aromatic nitrogens is 1. The van der Waals surface area contributed by atoms with Crippen LogP contribution in [0.5, 0.6) is 0 Å². The summed E-state index contributed by atoms with van der Waals surface area (Å²) in [5.74, 6) is -1.51. The summed E-state index contributed by atoms with van der Waals surface area (Å²) in [6.07, 6.45) is -2.01. The predicted octanol–water partition coefficient (Wildman–Crippen LogP) is 6.71. The van der Waals surface area contributed by atoms with Crippen molar-refractivity contribution in [3.8, 4) is 0 Å².